The number of aromatic nitrogens is 1. The Labute approximate surface area is 149 Å². The molecule has 0 aliphatic rings. The molecule has 0 saturated carbocycles. The van der Waals surface area contributed by atoms with E-state index in [2.05, 4.69) is 10.3 Å². The minimum atomic E-state index is -1.35. The van der Waals surface area contributed by atoms with Crippen molar-refractivity contribution in [2.75, 3.05) is 19.5 Å². The highest BCUT2D eigenvalue weighted by molar-refractivity contribution is 6.01. The van der Waals surface area contributed by atoms with E-state index in [1.807, 2.05) is 0 Å². The molecule has 1 heterocycles. The maximum Gasteiger partial charge on any atom is 0.228 e. The molecule has 0 radical (unpaired) electrons. The smallest absolute Gasteiger partial charge is 0.228 e. The SMILES string of the molecule is COc1ccc(NC(=O)Cc2c(C(=O)[O-])[nH]c3ccccc23)cc1OC. The van der Waals surface area contributed by atoms with Crippen LogP contribution in [0.15, 0.2) is 42.5 Å². The standard InChI is InChI=1S/C19H18N2O5/c1-25-15-8-7-11(9-16(15)26-2)20-17(22)10-13-12-5-3-4-6-14(12)21-18(13)19(23)24/h3-9,21H,10H2,1-2H3,(H,20,22)(H,23,24)/p-1. The summed E-state index contributed by atoms with van der Waals surface area (Å²) < 4.78 is 10.4. The number of rotatable bonds is 6. The number of benzene rings is 2. The van der Waals surface area contributed by atoms with Crippen molar-refractivity contribution in [1.82, 2.24) is 4.98 Å². The van der Waals surface area contributed by atoms with Crippen molar-refractivity contribution >= 4 is 28.5 Å². The van der Waals surface area contributed by atoms with Crippen LogP contribution in [0.25, 0.3) is 10.9 Å². The number of carboxylic acid groups (broad SMARTS) is 1. The lowest BCUT2D eigenvalue weighted by atomic mass is 10.1. The largest absolute Gasteiger partial charge is 0.543 e. The molecule has 0 saturated heterocycles. The number of hydrogen-bond acceptors (Lipinski definition) is 5. The van der Waals surface area contributed by atoms with Gasteiger partial charge in [-0.1, -0.05) is 18.2 Å². The van der Waals surface area contributed by atoms with E-state index in [0.29, 0.717) is 33.7 Å². The number of amides is 1. The zero-order valence-electron chi connectivity index (χ0n) is 14.3. The summed E-state index contributed by atoms with van der Waals surface area (Å²) in [4.78, 5) is 26.6. The van der Waals surface area contributed by atoms with E-state index >= 15 is 0 Å². The number of aromatic carboxylic acids is 1. The molecule has 0 fully saturated rings. The molecule has 26 heavy (non-hydrogen) atoms. The number of ether oxygens (including phenoxy) is 2. The van der Waals surface area contributed by atoms with Crippen molar-refractivity contribution in [2.24, 2.45) is 0 Å². The first kappa shape index (κ1) is 17.3. The van der Waals surface area contributed by atoms with Crippen molar-refractivity contribution < 1.29 is 24.2 Å². The topological polar surface area (TPSA) is 103 Å². The molecule has 1 aromatic heterocycles. The molecule has 1 amide bonds. The number of nitrogens with one attached hydrogen (secondary N) is 2. The molecule has 3 aromatic rings. The second-order valence-electron chi connectivity index (χ2n) is 5.61. The zero-order valence-corrected chi connectivity index (χ0v) is 14.3. The third-order valence-corrected chi connectivity index (χ3v) is 4.02. The number of para-hydroxylation sites is 1. The predicted octanol–water partition coefficient (Wildman–Crippen LogP) is 1.73. The van der Waals surface area contributed by atoms with E-state index in [4.69, 9.17) is 9.47 Å². The van der Waals surface area contributed by atoms with Crippen LogP contribution >= 0.6 is 0 Å². The van der Waals surface area contributed by atoms with Crippen LogP contribution < -0.4 is 19.9 Å². The van der Waals surface area contributed by atoms with Gasteiger partial charge in [-0.15, -0.1) is 0 Å². The molecule has 2 aromatic carbocycles. The van der Waals surface area contributed by atoms with Crippen LogP contribution in [0.3, 0.4) is 0 Å². The van der Waals surface area contributed by atoms with Gasteiger partial charge in [0.25, 0.3) is 0 Å². The summed E-state index contributed by atoms with van der Waals surface area (Å²) in [5.41, 5.74) is 1.45. The van der Waals surface area contributed by atoms with Crippen LogP contribution in [-0.2, 0) is 11.2 Å². The molecule has 3 rings (SSSR count). The summed E-state index contributed by atoms with van der Waals surface area (Å²) in [7, 11) is 3.02. The van der Waals surface area contributed by atoms with Gasteiger partial charge < -0.3 is 29.7 Å². The van der Waals surface area contributed by atoms with Gasteiger partial charge in [-0.2, -0.15) is 0 Å². The van der Waals surface area contributed by atoms with Crippen LogP contribution in [0.4, 0.5) is 5.69 Å². The average Bonchev–Trinajstić information content (AvgIpc) is 3.00. The van der Waals surface area contributed by atoms with Gasteiger partial charge in [-0.3, -0.25) is 4.79 Å². The van der Waals surface area contributed by atoms with Gasteiger partial charge in [-0.05, 0) is 23.8 Å². The number of aromatic amines is 1. The van der Waals surface area contributed by atoms with E-state index in [1.54, 1.807) is 42.5 Å². The van der Waals surface area contributed by atoms with Crippen LogP contribution in [-0.4, -0.2) is 31.1 Å². The summed E-state index contributed by atoms with van der Waals surface area (Å²) in [6.45, 7) is 0. The van der Waals surface area contributed by atoms with E-state index in [1.165, 1.54) is 14.2 Å². The number of methoxy groups -OCH3 is 2. The zero-order chi connectivity index (χ0) is 18.7. The Morgan fingerprint density at radius 1 is 1.08 bits per heavy atom. The fourth-order valence-corrected chi connectivity index (χ4v) is 2.84. The molecule has 7 heteroatoms. The first-order chi connectivity index (χ1) is 12.5. The molecule has 2 N–H and O–H groups in total. The van der Waals surface area contributed by atoms with Gasteiger partial charge in [0.05, 0.1) is 32.3 Å². The van der Waals surface area contributed by atoms with Crippen molar-refractivity contribution in [1.29, 1.82) is 0 Å². The molecule has 0 spiro atoms. The lowest BCUT2D eigenvalue weighted by molar-refractivity contribution is -0.255. The first-order valence-electron chi connectivity index (χ1n) is 7.86. The summed E-state index contributed by atoms with van der Waals surface area (Å²) >= 11 is 0. The van der Waals surface area contributed by atoms with Gasteiger partial charge in [0.15, 0.2) is 11.5 Å². The number of fused-ring (bicyclic) bond motifs is 1. The molecular weight excluding hydrogens is 336 g/mol. The van der Waals surface area contributed by atoms with Gasteiger partial charge in [0.2, 0.25) is 5.91 Å². The van der Waals surface area contributed by atoms with Crippen LogP contribution in [0.1, 0.15) is 16.1 Å². The average molecular weight is 353 g/mol. The van der Waals surface area contributed by atoms with Crippen molar-refractivity contribution in [2.45, 2.75) is 6.42 Å². The molecule has 134 valence electrons. The number of carboxylic acids is 1. The Hall–Kier alpha value is -3.48. The minimum Gasteiger partial charge on any atom is -0.543 e. The molecular formula is C19H17N2O5-. The maximum atomic E-state index is 12.4. The van der Waals surface area contributed by atoms with E-state index in [9.17, 15) is 14.7 Å². The monoisotopic (exact) mass is 353 g/mol. The fourth-order valence-electron chi connectivity index (χ4n) is 2.84. The quantitative estimate of drug-likeness (QED) is 0.702. The highest BCUT2D eigenvalue weighted by atomic mass is 16.5. The van der Waals surface area contributed by atoms with Gasteiger partial charge >= 0.3 is 0 Å². The second kappa shape index (κ2) is 7.18. The third-order valence-electron chi connectivity index (χ3n) is 4.02. The number of carbonyl (C=O) groups excluding carboxylic acids is 2. The minimum absolute atomic E-state index is 0.0892. The van der Waals surface area contributed by atoms with Crippen molar-refractivity contribution in [3.63, 3.8) is 0 Å². The van der Waals surface area contributed by atoms with Gasteiger partial charge in [0, 0.05) is 22.7 Å². The highest BCUT2D eigenvalue weighted by Gasteiger charge is 2.16. The lowest BCUT2D eigenvalue weighted by Crippen LogP contribution is -2.25. The van der Waals surface area contributed by atoms with E-state index in [-0.39, 0.29) is 18.0 Å². The van der Waals surface area contributed by atoms with Crippen molar-refractivity contribution in [3.05, 3.63) is 53.7 Å². The fraction of sp³-hybridized carbons (Fsp3) is 0.158. The molecule has 0 bridgehead atoms. The highest BCUT2D eigenvalue weighted by Crippen LogP contribution is 2.30. The van der Waals surface area contributed by atoms with E-state index in [0.717, 1.165) is 0 Å². The van der Waals surface area contributed by atoms with Crippen LogP contribution in [0, 0.1) is 0 Å². The number of hydrogen-bond donors (Lipinski definition) is 2. The van der Waals surface area contributed by atoms with Gasteiger partial charge in [-0.25, -0.2) is 0 Å². The number of carbonyl (C=O) groups is 2. The van der Waals surface area contributed by atoms with Crippen LogP contribution in [0.5, 0.6) is 11.5 Å². The normalized spacial score (nSPS) is 10.5. The summed E-state index contributed by atoms with van der Waals surface area (Å²) in [5.74, 6) is -0.686. The first-order valence-corrected chi connectivity index (χ1v) is 7.86. The molecule has 0 aliphatic carbocycles. The summed E-state index contributed by atoms with van der Waals surface area (Å²) in [6, 6.07) is 12.1. The summed E-state index contributed by atoms with van der Waals surface area (Å²) in [5, 5.41) is 14.8. The number of anilines is 1. The molecule has 0 aliphatic heterocycles. The molecule has 0 atom stereocenters. The molecule has 7 nitrogen and oxygen atoms in total. The Morgan fingerprint density at radius 3 is 2.50 bits per heavy atom. The predicted molar refractivity (Wildman–Crippen MR) is 94.5 cm³/mol. The lowest BCUT2D eigenvalue weighted by Gasteiger charge is -2.11. The van der Waals surface area contributed by atoms with Crippen molar-refractivity contribution in [3.8, 4) is 11.5 Å². The maximum absolute atomic E-state index is 12.4. The van der Waals surface area contributed by atoms with Crippen LogP contribution in [0.2, 0.25) is 0 Å². The Bertz CT molecular complexity index is 977. The Morgan fingerprint density at radius 2 is 1.81 bits per heavy atom. The molecule has 0 unspecified atom stereocenters. The summed E-state index contributed by atoms with van der Waals surface area (Å²) in [6.07, 6.45) is -0.109. The Kier molecular flexibility index (Phi) is 4.79. The van der Waals surface area contributed by atoms with E-state index < -0.39 is 5.97 Å². The number of H-pyrrole nitrogens is 1. The third kappa shape index (κ3) is 3.32. The van der Waals surface area contributed by atoms with Gasteiger partial charge in [0.1, 0.15) is 0 Å². The Balaban J connectivity index is 1.86. The second-order valence-corrected chi connectivity index (χ2v) is 5.61.